The second-order valence-electron chi connectivity index (χ2n) is 4.72. The van der Waals surface area contributed by atoms with Gasteiger partial charge in [-0.3, -0.25) is 0 Å². The summed E-state index contributed by atoms with van der Waals surface area (Å²) < 4.78 is 7.88. The van der Waals surface area contributed by atoms with Crippen molar-refractivity contribution in [3.63, 3.8) is 0 Å². The van der Waals surface area contributed by atoms with Gasteiger partial charge in [0.1, 0.15) is 12.4 Å². The molecular weight excluding hydrogens is 272 g/mol. The first kappa shape index (κ1) is 12.9. The van der Waals surface area contributed by atoms with Crippen LogP contribution in [0.4, 0.5) is 5.69 Å². The predicted molar refractivity (Wildman–Crippen MR) is 83.1 cm³/mol. The molecule has 0 radical (unpaired) electrons. The maximum Gasteiger partial charge on any atom is 0.128 e. The number of nitrogens with zero attached hydrogens (tertiary/aromatic N) is 1. The van der Waals surface area contributed by atoms with Crippen molar-refractivity contribution in [2.45, 2.75) is 6.61 Å². The van der Waals surface area contributed by atoms with E-state index in [1.165, 1.54) is 0 Å². The first-order chi connectivity index (χ1) is 9.65. The van der Waals surface area contributed by atoms with Gasteiger partial charge in [0.05, 0.1) is 11.2 Å². The van der Waals surface area contributed by atoms with Gasteiger partial charge in [-0.05, 0) is 42.5 Å². The number of anilines is 1. The second-order valence-corrected chi connectivity index (χ2v) is 5.15. The van der Waals surface area contributed by atoms with E-state index in [-0.39, 0.29) is 0 Å². The van der Waals surface area contributed by atoms with E-state index in [0.29, 0.717) is 11.6 Å². The van der Waals surface area contributed by atoms with E-state index in [1.807, 2.05) is 43.4 Å². The van der Waals surface area contributed by atoms with E-state index >= 15 is 0 Å². The molecule has 3 rings (SSSR count). The second kappa shape index (κ2) is 5.10. The molecule has 2 aromatic carbocycles. The average molecular weight is 287 g/mol. The van der Waals surface area contributed by atoms with E-state index in [9.17, 15) is 0 Å². The summed E-state index contributed by atoms with van der Waals surface area (Å²) in [5.41, 5.74) is 8.97. The number of hydrogen-bond donors (Lipinski definition) is 1. The minimum Gasteiger partial charge on any atom is -0.487 e. The minimum absolute atomic E-state index is 0.492. The molecule has 0 amide bonds. The van der Waals surface area contributed by atoms with Crippen LogP contribution in [0, 0.1) is 0 Å². The Morgan fingerprint density at radius 1 is 1.15 bits per heavy atom. The number of ether oxygens (including phenoxy) is 1. The summed E-state index contributed by atoms with van der Waals surface area (Å²) in [6, 6.07) is 15.3. The summed E-state index contributed by atoms with van der Waals surface area (Å²) in [5.74, 6) is 0.799. The van der Waals surface area contributed by atoms with Gasteiger partial charge in [-0.15, -0.1) is 0 Å². The minimum atomic E-state index is 0.492. The number of aromatic nitrogens is 1. The van der Waals surface area contributed by atoms with Crippen LogP contribution in [0.2, 0.25) is 5.02 Å². The zero-order chi connectivity index (χ0) is 14.1. The molecule has 0 aliphatic heterocycles. The van der Waals surface area contributed by atoms with Crippen molar-refractivity contribution in [3.8, 4) is 5.75 Å². The summed E-state index contributed by atoms with van der Waals surface area (Å²) in [4.78, 5) is 0. The zero-order valence-corrected chi connectivity index (χ0v) is 11.9. The Hall–Kier alpha value is -2.13. The number of nitrogens with two attached hydrogens (primary N) is 1. The van der Waals surface area contributed by atoms with Gasteiger partial charge in [0.15, 0.2) is 0 Å². The maximum atomic E-state index is 5.99. The third-order valence-corrected chi connectivity index (χ3v) is 3.67. The molecule has 0 saturated carbocycles. The fourth-order valence-corrected chi connectivity index (χ4v) is 2.39. The lowest BCUT2D eigenvalue weighted by Gasteiger charge is -2.07. The lowest BCUT2D eigenvalue weighted by Crippen LogP contribution is -2.01. The van der Waals surface area contributed by atoms with Gasteiger partial charge in [-0.1, -0.05) is 17.7 Å². The number of rotatable bonds is 3. The standard InChI is InChI=1S/C16H15ClN2O/c1-19-12(9-14-15(18)3-2-4-16(14)19)10-20-13-7-5-11(17)6-8-13/h2-9H,10,18H2,1H3. The topological polar surface area (TPSA) is 40.2 Å². The highest BCUT2D eigenvalue weighted by Crippen LogP contribution is 2.25. The summed E-state index contributed by atoms with van der Waals surface area (Å²) in [7, 11) is 2.02. The molecule has 1 aromatic heterocycles. The quantitative estimate of drug-likeness (QED) is 0.740. The van der Waals surface area contributed by atoms with Gasteiger partial charge in [-0.2, -0.15) is 0 Å². The SMILES string of the molecule is Cn1c(COc2ccc(Cl)cc2)cc2c(N)cccc21. The Kier molecular flexibility index (Phi) is 3.28. The third kappa shape index (κ3) is 2.32. The molecular formula is C16H15ClN2O. The summed E-state index contributed by atoms with van der Waals surface area (Å²) in [6.07, 6.45) is 0. The average Bonchev–Trinajstić information content (AvgIpc) is 2.77. The number of fused-ring (bicyclic) bond motifs is 1. The number of nitrogen functional groups attached to an aromatic ring is 1. The monoisotopic (exact) mass is 286 g/mol. The van der Waals surface area contributed by atoms with Gasteiger partial charge in [0.2, 0.25) is 0 Å². The molecule has 3 nitrogen and oxygen atoms in total. The van der Waals surface area contributed by atoms with E-state index in [2.05, 4.69) is 16.7 Å². The van der Waals surface area contributed by atoms with Crippen LogP contribution in [-0.4, -0.2) is 4.57 Å². The third-order valence-electron chi connectivity index (χ3n) is 3.42. The van der Waals surface area contributed by atoms with Crippen molar-refractivity contribution < 1.29 is 4.74 Å². The number of hydrogen-bond acceptors (Lipinski definition) is 2. The smallest absolute Gasteiger partial charge is 0.128 e. The van der Waals surface area contributed by atoms with Crippen LogP contribution >= 0.6 is 11.6 Å². The predicted octanol–water partition coefficient (Wildman–Crippen LogP) is 3.99. The number of aryl methyl sites for hydroxylation is 1. The Morgan fingerprint density at radius 2 is 1.90 bits per heavy atom. The lowest BCUT2D eigenvalue weighted by atomic mass is 10.2. The Labute approximate surface area is 122 Å². The van der Waals surface area contributed by atoms with Crippen LogP contribution in [0.5, 0.6) is 5.75 Å². The molecule has 4 heteroatoms. The van der Waals surface area contributed by atoms with E-state index in [0.717, 1.165) is 28.0 Å². The number of benzene rings is 2. The van der Waals surface area contributed by atoms with E-state index < -0.39 is 0 Å². The van der Waals surface area contributed by atoms with Crippen molar-refractivity contribution in [2.24, 2.45) is 7.05 Å². The van der Waals surface area contributed by atoms with Gasteiger partial charge in [-0.25, -0.2) is 0 Å². The van der Waals surface area contributed by atoms with Crippen LogP contribution in [0.3, 0.4) is 0 Å². The van der Waals surface area contributed by atoms with E-state index in [4.69, 9.17) is 22.1 Å². The molecule has 0 unspecified atom stereocenters. The molecule has 0 fully saturated rings. The normalized spacial score (nSPS) is 10.9. The first-order valence-electron chi connectivity index (χ1n) is 6.36. The van der Waals surface area contributed by atoms with E-state index in [1.54, 1.807) is 0 Å². The molecule has 0 aliphatic rings. The van der Waals surface area contributed by atoms with Crippen LogP contribution in [0.1, 0.15) is 5.69 Å². The fourth-order valence-electron chi connectivity index (χ4n) is 2.26. The Balaban J connectivity index is 1.86. The highest BCUT2D eigenvalue weighted by molar-refractivity contribution is 6.30. The molecule has 20 heavy (non-hydrogen) atoms. The maximum absolute atomic E-state index is 5.99. The summed E-state index contributed by atoms with van der Waals surface area (Å²) in [6.45, 7) is 0.492. The van der Waals surface area contributed by atoms with Crippen LogP contribution in [0.25, 0.3) is 10.9 Å². The van der Waals surface area contributed by atoms with Crippen molar-refractivity contribution >= 4 is 28.2 Å². The Bertz CT molecular complexity index is 747. The Morgan fingerprint density at radius 3 is 2.60 bits per heavy atom. The molecule has 102 valence electrons. The molecule has 2 N–H and O–H groups in total. The zero-order valence-electron chi connectivity index (χ0n) is 11.1. The van der Waals surface area contributed by atoms with Crippen LogP contribution < -0.4 is 10.5 Å². The number of halogens is 1. The highest BCUT2D eigenvalue weighted by atomic mass is 35.5. The van der Waals surface area contributed by atoms with Gasteiger partial charge in [0.25, 0.3) is 0 Å². The summed E-state index contributed by atoms with van der Waals surface area (Å²) in [5, 5.41) is 1.76. The van der Waals surface area contributed by atoms with Crippen LogP contribution in [-0.2, 0) is 13.7 Å². The van der Waals surface area contributed by atoms with Gasteiger partial charge < -0.3 is 15.0 Å². The molecule has 0 spiro atoms. The van der Waals surface area contributed by atoms with Crippen molar-refractivity contribution in [1.82, 2.24) is 4.57 Å². The first-order valence-corrected chi connectivity index (χ1v) is 6.74. The molecule has 0 atom stereocenters. The van der Waals surface area contributed by atoms with Crippen LogP contribution in [0.15, 0.2) is 48.5 Å². The van der Waals surface area contributed by atoms with Gasteiger partial charge >= 0.3 is 0 Å². The molecule has 3 aromatic rings. The van der Waals surface area contributed by atoms with Crippen molar-refractivity contribution in [3.05, 3.63) is 59.2 Å². The molecule has 0 saturated heterocycles. The lowest BCUT2D eigenvalue weighted by molar-refractivity contribution is 0.298. The highest BCUT2D eigenvalue weighted by Gasteiger charge is 2.08. The van der Waals surface area contributed by atoms with Crippen molar-refractivity contribution in [1.29, 1.82) is 0 Å². The fraction of sp³-hybridized carbons (Fsp3) is 0.125. The molecule has 0 aliphatic carbocycles. The molecule has 1 heterocycles. The van der Waals surface area contributed by atoms with Gasteiger partial charge in [0, 0.05) is 23.1 Å². The molecule has 0 bridgehead atoms. The van der Waals surface area contributed by atoms with Crippen molar-refractivity contribution in [2.75, 3.05) is 5.73 Å². The summed E-state index contributed by atoms with van der Waals surface area (Å²) >= 11 is 5.85. The largest absolute Gasteiger partial charge is 0.487 e.